The summed E-state index contributed by atoms with van der Waals surface area (Å²) < 4.78 is 1.68. The van der Waals surface area contributed by atoms with Gasteiger partial charge in [0.2, 0.25) is 0 Å². The number of rotatable bonds is 5. The summed E-state index contributed by atoms with van der Waals surface area (Å²) in [5.74, 6) is -0.0852. The van der Waals surface area contributed by atoms with Crippen LogP contribution < -0.4 is 10.5 Å². The number of anilines is 1. The number of piperazine rings is 1. The Balaban J connectivity index is 1.43. The van der Waals surface area contributed by atoms with Crippen LogP contribution in [-0.2, 0) is 6.54 Å². The van der Waals surface area contributed by atoms with Gasteiger partial charge in [-0.05, 0) is 31.0 Å². The SMILES string of the molecule is Cc1ccccc1N1CCN(CCn2cnc3sc(C(=O)N(C)C)c(C)c3c2=O)CC1. The Hall–Kier alpha value is -2.71. The Kier molecular flexibility index (Phi) is 6.11. The van der Waals surface area contributed by atoms with Crippen molar-refractivity contribution in [2.75, 3.05) is 51.7 Å². The number of amides is 1. The molecule has 31 heavy (non-hydrogen) atoms. The van der Waals surface area contributed by atoms with E-state index in [0.29, 0.717) is 21.6 Å². The second-order valence-corrected chi connectivity index (χ2v) is 9.29. The average molecular weight is 440 g/mol. The van der Waals surface area contributed by atoms with Gasteiger partial charge in [0.05, 0.1) is 16.6 Å². The summed E-state index contributed by atoms with van der Waals surface area (Å²) in [6.45, 7) is 9.30. The van der Waals surface area contributed by atoms with Crippen LogP contribution in [0.4, 0.5) is 5.69 Å². The largest absolute Gasteiger partial charge is 0.369 e. The lowest BCUT2D eigenvalue weighted by Crippen LogP contribution is -2.47. The van der Waals surface area contributed by atoms with Crippen molar-refractivity contribution in [3.05, 3.63) is 57.0 Å². The van der Waals surface area contributed by atoms with Gasteiger partial charge in [-0.2, -0.15) is 0 Å². The molecule has 7 nitrogen and oxygen atoms in total. The molecule has 0 bridgehead atoms. The topological polar surface area (TPSA) is 61.7 Å². The second kappa shape index (κ2) is 8.80. The van der Waals surface area contributed by atoms with Crippen molar-refractivity contribution in [3.8, 4) is 0 Å². The molecule has 0 atom stereocenters. The number of aryl methyl sites for hydroxylation is 2. The highest BCUT2D eigenvalue weighted by atomic mass is 32.1. The van der Waals surface area contributed by atoms with E-state index in [4.69, 9.17) is 0 Å². The molecule has 1 saturated heterocycles. The summed E-state index contributed by atoms with van der Waals surface area (Å²) in [6.07, 6.45) is 1.62. The normalized spacial score (nSPS) is 14.9. The van der Waals surface area contributed by atoms with Gasteiger partial charge in [-0.25, -0.2) is 4.98 Å². The maximum Gasteiger partial charge on any atom is 0.263 e. The first kappa shape index (κ1) is 21.5. The molecule has 1 aromatic carbocycles. The van der Waals surface area contributed by atoms with Crippen molar-refractivity contribution in [1.29, 1.82) is 0 Å². The monoisotopic (exact) mass is 439 g/mol. The molecular formula is C23H29N5O2S. The quantitative estimate of drug-likeness (QED) is 0.612. The fourth-order valence-electron chi connectivity index (χ4n) is 4.11. The van der Waals surface area contributed by atoms with E-state index in [-0.39, 0.29) is 11.5 Å². The van der Waals surface area contributed by atoms with Crippen molar-refractivity contribution in [3.63, 3.8) is 0 Å². The van der Waals surface area contributed by atoms with Gasteiger partial charge in [0.25, 0.3) is 11.5 Å². The molecule has 0 aliphatic carbocycles. The fraction of sp³-hybridized carbons (Fsp3) is 0.435. The Morgan fingerprint density at radius 2 is 1.81 bits per heavy atom. The molecule has 0 unspecified atom stereocenters. The summed E-state index contributed by atoms with van der Waals surface area (Å²) in [5.41, 5.74) is 3.29. The van der Waals surface area contributed by atoms with Crippen LogP contribution in [0.1, 0.15) is 20.8 Å². The van der Waals surface area contributed by atoms with Crippen LogP contribution in [0.5, 0.6) is 0 Å². The first-order chi connectivity index (χ1) is 14.9. The third-order valence-corrected chi connectivity index (χ3v) is 7.19. The Morgan fingerprint density at radius 3 is 2.48 bits per heavy atom. The van der Waals surface area contributed by atoms with E-state index in [1.165, 1.54) is 27.5 Å². The van der Waals surface area contributed by atoms with Crippen LogP contribution in [0, 0.1) is 13.8 Å². The lowest BCUT2D eigenvalue weighted by atomic mass is 10.1. The van der Waals surface area contributed by atoms with E-state index < -0.39 is 0 Å². The predicted molar refractivity (Wildman–Crippen MR) is 126 cm³/mol. The van der Waals surface area contributed by atoms with Crippen molar-refractivity contribution in [2.24, 2.45) is 0 Å². The lowest BCUT2D eigenvalue weighted by molar-refractivity contribution is 0.0831. The smallest absolute Gasteiger partial charge is 0.263 e. The minimum Gasteiger partial charge on any atom is -0.369 e. The molecule has 1 amide bonds. The first-order valence-corrected chi connectivity index (χ1v) is 11.4. The second-order valence-electron chi connectivity index (χ2n) is 8.29. The minimum atomic E-state index is -0.0852. The molecule has 0 radical (unpaired) electrons. The average Bonchev–Trinajstić information content (AvgIpc) is 3.10. The highest BCUT2D eigenvalue weighted by Crippen LogP contribution is 2.27. The van der Waals surface area contributed by atoms with Gasteiger partial charge < -0.3 is 9.80 Å². The molecule has 1 aliphatic rings. The van der Waals surface area contributed by atoms with E-state index in [1.54, 1.807) is 25.0 Å². The summed E-state index contributed by atoms with van der Waals surface area (Å²) >= 11 is 1.30. The third kappa shape index (κ3) is 4.22. The Bertz CT molecular complexity index is 1160. The number of fused-ring (bicyclic) bond motifs is 1. The molecule has 1 aliphatic heterocycles. The molecule has 4 rings (SSSR count). The zero-order chi connectivity index (χ0) is 22.1. The van der Waals surface area contributed by atoms with Gasteiger partial charge in [-0.15, -0.1) is 11.3 Å². The van der Waals surface area contributed by atoms with Crippen molar-refractivity contribution in [2.45, 2.75) is 20.4 Å². The zero-order valence-electron chi connectivity index (χ0n) is 18.6. The summed E-state index contributed by atoms with van der Waals surface area (Å²) in [5, 5.41) is 0.571. The van der Waals surface area contributed by atoms with Crippen LogP contribution in [0.25, 0.3) is 10.2 Å². The van der Waals surface area contributed by atoms with E-state index in [1.807, 2.05) is 6.92 Å². The maximum absolute atomic E-state index is 13.1. The van der Waals surface area contributed by atoms with Crippen LogP contribution in [0.15, 0.2) is 35.4 Å². The third-order valence-electron chi connectivity index (χ3n) is 6.00. The van der Waals surface area contributed by atoms with Crippen LogP contribution in [0.2, 0.25) is 0 Å². The number of carbonyl (C=O) groups excluding carboxylic acids is 1. The van der Waals surface area contributed by atoms with Crippen LogP contribution in [-0.4, -0.2) is 72.1 Å². The number of carbonyl (C=O) groups is 1. The summed E-state index contributed by atoms with van der Waals surface area (Å²) in [6, 6.07) is 8.51. The van der Waals surface area contributed by atoms with Gasteiger partial charge in [-0.3, -0.25) is 19.1 Å². The number of nitrogens with zero attached hydrogens (tertiary/aromatic N) is 5. The van der Waals surface area contributed by atoms with E-state index in [2.05, 4.69) is 46.0 Å². The van der Waals surface area contributed by atoms with Crippen LogP contribution in [0.3, 0.4) is 0 Å². The molecule has 0 saturated carbocycles. The Morgan fingerprint density at radius 1 is 1.10 bits per heavy atom. The van der Waals surface area contributed by atoms with Crippen molar-refractivity contribution >= 4 is 33.1 Å². The van der Waals surface area contributed by atoms with Gasteiger partial charge in [0, 0.05) is 59.1 Å². The summed E-state index contributed by atoms with van der Waals surface area (Å²) in [7, 11) is 3.44. The number of aromatic nitrogens is 2. The molecule has 1 fully saturated rings. The molecule has 8 heteroatoms. The molecular weight excluding hydrogens is 410 g/mol. The molecule has 0 N–H and O–H groups in total. The molecule has 3 aromatic rings. The minimum absolute atomic E-state index is 0.0601. The highest BCUT2D eigenvalue weighted by Gasteiger charge is 2.21. The van der Waals surface area contributed by atoms with E-state index in [0.717, 1.165) is 38.3 Å². The number of hydrogen-bond acceptors (Lipinski definition) is 6. The number of hydrogen-bond donors (Lipinski definition) is 0. The fourth-order valence-corrected chi connectivity index (χ4v) is 5.27. The Labute approximate surface area is 186 Å². The van der Waals surface area contributed by atoms with Crippen molar-refractivity contribution < 1.29 is 4.79 Å². The van der Waals surface area contributed by atoms with Crippen LogP contribution >= 0.6 is 11.3 Å². The predicted octanol–water partition coefficient (Wildman–Crippen LogP) is 2.60. The van der Waals surface area contributed by atoms with Gasteiger partial charge in [0.15, 0.2) is 0 Å². The molecule has 0 spiro atoms. The summed E-state index contributed by atoms with van der Waals surface area (Å²) in [4.78, 5) is 37.5. The lowest BCUT2D eigenvalue weighted by Gasteiger charge is -2.36. The highest BCUT2D eigenvalue weighted by molar-refractivity contribution is 7.20. The first-order valence-electron chi connectivity index (χ1n) is 10.6. The molecule has 2 aromatic heterocycles. The standard InChI is InChI=1S/C23H29N5O2S/c1-16-7-5-6-8-18(16)27-12-9-26(10-13-27)11-14-28-15-24-21-19(22(28)29)17(2)20(31-21)23(30)25(3)4/h5-8,15H,9-14H2,1-4H3. The van der Waals surface area contributed by atoms with E-state index >= 15 is 0 Å². The number of para-hydroxylation sites is 1. The number of benzene rings is 1. The van der Waals surface area contributed by atoms with Gasteiger partial charge in [0.1, 0.15) is 4.83 Å². The van der Waals surface area contributed by atoms with Gasteiger partial charge >= 0.3 is 0 Å². The van der Waals surface area contributed by atoms with Crippen molar-refractivity contribution in [1.82, 2.24) is 19.4 Å². The zero-order valence-corrected chi connectivity index (χ0v) is 19.4. The number of thiophene rings is 1. The molecule has 3 heterocycles. The van der Waals surface area contributed by atoms with Gasteiger partial charge in [-0.1, -0.05) is 18.2 Å². The maximum atomic E-state index is 13.1. The van der Waals surface area contributed by atoms with E-state index in [9.17, 15) is 9.59 Å². The molecule has 164 valence electrons.